The molecule has 0 aliphatic rings. The Morgan fingerprint density at radius 1 is 1.43 bits per heavy atom. The Morgan fingerprint density at radius 3 is 3.00 bits per heavy atom. The molecule has 1 aromatic carbocycles. The molecule has 1 heterocycles. The normalized spacial score (nSPS) is 12.3. The number of hydrogen-bond acceptors (Lipinski definition) is 1. The highest BCUT2D eigenvalue weighted by molar-refractivity contribution is 7.17. The van der Waals surface area contributed by atoms with Gasteiger partial charge in [-0.3, -0.25) is 0 Å². The van der Waals surface area contributed by atoms with Crippen LogP contribution < -0.4 is 0 Å². The molecule has 0 bridgehead atoms. The van der Waals surface area contributed by atoms with Gasteiger partial charge in [-0.1, -0.05) is 18.2 Å². The van der Waals surface area contributed by atoms with E-state index in [0.29, 0.717) is 12.8 Å². The van der Waals surface area contributed by atoms with Crippen LogP contribution in [0.3, 0.4) is 0 Å². The number of allylic oxidation sites excluding steroid dienone is 1. The fourth-order valence-electron chi connectivity index (χ4n) is 1.51. The lowest BCUT2D eigenvalue weighted by Gasteiger charge is -1.97. The maximum Gasteiger partial charge on any atom is 0.0859 e. The van der Waals surface area contributed by atoms with Gasteiger partial charge in [-0.15, -0.1) is 11.3 Å². The van der Waals surface area contributed by atoms with E-state index < -0.39 is 0 Å². The standard InChI is InChI=1S/C12H11FS/c1-9(7-13)6-10-8-14-12-5-3-2-4-11(10)12/h2-5,7-8H,6H2,1H3/b9-7+. The quantitative estimate of drug-likeness (QED) is 0.686. The van der Waals surface area contributed by atoms with E-state index >= 15 is 0 Å². The highest BCUT2D eigenvalue weighted by atomic mass is 32.1. The molecule has 0 nitrogen and oxygen atoms in total. The summed E-state index contributed by atoms with van der Waals surface area (Å²) in [5, 5.41) is 3.36. The van der Waals surface area contributed by atoms with Crippen LogP contribution in [0.15, 0.2) is 41.5 Å². The Hall–Kier alpha value is -1.15. The summed E-state index contributed by atoms with van der Waals surface area (Å²) in [6.07, 6.45) is 1.40. The molecule has 0 spiro atoms. The third-order valence-electron chi connectivity index (χ3n) is 2.22. The van der Waals surface area contributed by atoms with Gasteiger partial charge in [0.05, 0.1) is 6.33 Å². The summed E-state index contributed by atoms with van der Waals surface area (Å²) in [6.45, 7) is 1.81. The van der Waals surface area contributed by atoms with E-state index in [1.54, 1.807) is 11.3 Å². The van der Waals surface area contributed by atoms with Gasteiger partial charge < -0.3 is 0 Å². The van der Waals surface area contributed by atoms with Crippen LogP contribution in [0.25, 0.3) is 10.1 Å². The summed E-state index contributed by atoms with van der Waals surface area (Å²) in [5.74, 6) is 0. The maximum absolute atomic E-state index is 12.2. The molecule has 0 radical (unpaired) electrons. The molecule has 0 saturated heterocycles. The van der Waals surface area contributed by atoms with Crippen LogP contribution in [0.2, 0.25) is 0 Å². The van der Waals surface area contributed by atoms with Crippen LogP contribution in [0.5, 0.6) is 0 Å². The van der Waals surface area contributed by atoms with Crippen molar-refractivity contribution in [2.45, 2.75) is 13.3 Å². The van der Waals surface area contributed by atoms with Crippen molar-refractivity contribution in [3.8, 4) is 0 Å². The van der Waals surface area contributed by atoms with Crippen LogP contribution in [-0.4, -0.2) is 0 Å². The summed E-state index contributed by atoms with van der Waals surface area (Å²) in [4.78, 5) is 0. The Labute approximate surface area is 86.7 Å². The smallest absolute Gasteiger partial charge is 0.0859 e. The zero-order valence-electron chi connectivity index (χ0n) is 7.96. The third-order valence-corrected chi connectivity index (χ3v) is 3.23. The van der Waals surface area contributed by atoms with E-state index in [4.69, 9.17) is 0 Å². The molecule has 2 aromatic rings. The van der Waals surface area contributed by atoms with Gasteiger partial charge >= 0.3 is 0 Å². The first-order valence-electron chi connectivity index (χ1n) is 4.52. The second-order valence-corrected chi connectivity index (χ2v) is 4.30. The van der Waals surface area contributed by atoms with E-state index in [1.807, 2.05) is 19.1 Å². The second kappa shape index (κ2) is 3.93. The lowest BCUT2D eigenvalue weighted by Crippen LogP contribution is -1.83. The van der Waals surface area contributed by atoms with Gasteiger partial charge in [-0.2, -0.15) is 0 Å². The molecular formula is C12H11FS. The van der Waals surface area contributed by atoms with Crippen molar-refractivity contribution in [1.29, 1.82) is 0 Å². The third kappa shape index (κ3) is 1.70. The van der Waals surface area contributed by atoms with E-state index in [-0.39, 0.29) is 0 Å². The Kier molecular flexibility index (Phi) is 2.64. The predicted molar refractivity (Wildman–Crippen MR) is 60.4 cm³/mol. The van der Waals surface area contributed by atoms with Crippen LogP contribution in [0, 0.1) is 0 Å². The van der Waals surface area contributed by atoms with Crippen molar-refractivity contribution >= 4 is 21.4 Å². The lowest BCUT2D eigenvalue weighted by atomic mass is 10.1. The zero-order valence-corrected chi connectivity index (χ0v) is 8.77. The molecule has 2 rings (SSSR count). The minimum atomic E-state index is 0.687. The molecule has 14 heavy (non-hydrogen) atoms. The van der Waals surface area contributed by atoms with Gasteiger partial charge in [0.25, 0.3) is 0 Å². The van der Waals surface area contributed by atoms with Crippen LogP contribution >= 0.6 is 11.3 Å². The summed E-state index contributed by atoms with van der Waals surface area (Å²) < 4.78 is 13.5. The molecule has 0 aliphatic carbocycles. The predicted octanol–water partition coefficient (Wildman–Crippen LogP) is 4.32. The SMILES string of the molecule is C/C(=C\F)Cc1csc2ccccc12. The number of rotatable bonds is 2. The summed E-state index contributed by atoms with van der Waals surface area (Å²) in [6, 6.07) is 8.23. The number of thiophene rings is 1. The zero-order chi connectivity index (χ0) is 9.97. The Morgan fingerprint density at radius 2 is 2.21 bits per heavy atom. The second-order valence-electron chi connectivity index (χ2n) is 3.39. The molecule has 1 aromatic heterocycles. The molecule has 0 amide bonds. The van der Waals surface area contributed by atoms with E-state index in [0.717, 1.165) is 5.57 Å². The topological polar surface area (TPSA) is 0 Å². The average Bonchev–Trinajstić information content (AvgIpc) is 2.62. The van der Waals surface area contributed by atoms with Crippen molar-refractivity contribution in [3.63, 3.8) is 0 Å². The van der Waals surface area contributed by atoms with Gasteiger partial charge in [-0.25, -0.2) is 4.39 Å². The summed E-state index contributed by atoms with van der Waals surface area (Å²) >= 11 is 1.72. The van der Waals surface area contributed by atoms with Gasteiger partial charge in [0.1, 0.15) is 0 Å². The average molecular weight is 206 g/mol. The molecule has 0 saturated carbocycles. The Bertz CT molecular complexity index is 468. The van der Waals surface area contributed by atoms with Gasteiger partial charge in [0.2, 0.25) is 0 Å². The molecular weight excluding hydrogens is 195 g/mol. The van der Waals surface area contributed by atoms with E-state index in [2.05, 4.69) is 17.5 Å². The van der Waals surface area contributed by atoms with Crippen molar-refractivity contribution in [2.24, 2.45) is 0 Å². The van der Waals surface area contributed by atoms with Crippen molar-refractivity contribution in [1.82, 2.24) is 0 Å². The maximum atomic E-state index is 12.2. The number of halogens is 1. The molecule has 0 N–H and O–H groups in total. The van der Waals surface area contributed by atoms with Gasteiger partial charge in [0.15, 0.2) is 0 Å². The number of benzene rings is 1. The van der Waals surface area contributed by atoms with Crippen molar-refractivity contribution in [3.05, 3.63) is 47.1 Å². The van der Waals surface area contributed by atoms with Gasteiger partial charge in [0, 0.05) is 4.70 Å². The first kappa shape index (κ1) is 9.41. The minimum absolute atomic E-state index is 0.687. The lowest BCUT2D eigenvalue weighted by molar-refractivity contribution is 0.705. The first-order valence-corrected chi connectivity index (χ1v) is 5.40. The summed E-state index contributed by atoms with van der Waals surface area (Å²) in [7, 11) is 0. The largest absolute Gasteiger partial charge is 0.216 e. The van der Waals surface area contributed by atoms with E-state index in [1.165, 1.54) is 15.6 Å². The molecule has 0 fully saturated rings. The van der Waals surface area contributed by atoms with Crippen molar-refractivity contribution < 1.29 is 4.39 Å². The van der Waals surface area contributed by atoms with Crippen LogP contribution in [0.4, 0.5) is 4.39 Å². The number of hydrogen-bond donors (Lipinski definition) is 0. The molecule has 0 aliphatic heterocycles. The number of fused-ring (bicyclic) bond motifs is 1. The summed E-state index contributed by atoms with van der Waals surface area (Å²) in [5.41, 5.74) is 1.99. The van der Waals surface area contributed by atoms with Crippen LogP contribution in [0.1, 0.15) is 12.5 Å². The Balaban J connectivity index is 2.43. The molecule has 72 valence electrons. The molecule has 2 heteroatoms. The minimum Gasteiger partial charge on any atom is -0.216 e. The fourth-order valence-corrected chi connectivity index (χ4v) is 2.47. The van der Waals surface area contributed by atoms with Gasteiger partial charge in [-0.05, 0) is 41.3 Å². The molecule has 0 atom stereocenters. The molecule has 0 unspecified atom stereocenters. The first-order chi connectivity index (χ1) is 6.81. The monoisotopic (exact) mass is 206 g/mol. The highest BCUT2D eigenvalue weighted by Crippen LogP contribution is 2.27. The highest BCUT2D eigenvalue weighted by Gasteiger charge is 2.03. The van der Waals surface area contributed by atoms with E-state index in [9.17, 15) is 4.39 Å². The fraction of sp³-hybridized carbons (Fsp3) is 0.167. The van der Waals surface area contributed by atoms with Crippen LogP contribution in [-0.2, 0) is 6.42 Å². The van der Waals surface area contributed by atoms with Crippen molar-refractivity contribution in [2.75, 3.05) is 0 Å².